The SMILES string of the molecule is CC(Cc1cccs1)N(C)C1CCCCCC1C(=O)O. The maximum absolute atomic E-state index is 11.5. The molecule has 1 aliphatic carbocycles. The lowest BCUT2D eigenvalue weighted by Crippen LogP contribution is -2.45. The summed E-state index contributed by atoms with van der Waals surface area (Å²) in [6.45, 7) is 2.21. The predicted molar refractivity (Wildman–Crippen MR) is 83.2 cm³/mol. The zero-order chi connectivity index (χ0) is 14.5. The summed E-state index contributed by atoms with van der Waals surface area (Å²) >= 11 is 1.78. The fourth-order valence-corrected chi connectivity index (χ4v) is 4.08. The van der Waals surface area contributed by atoms with Gasteiger partial charge in [0.15, 0.2) is 0 Å². The van der Waals surface area contributed by atoms with Gasteiger partial charge in [0.05, 0.1) is 5.92 Å². The van der Waals surface area contributed by atoms with Gasteiger partial charge in [0.2, 0.25) is 0 Å². The molecule has 3 unspecified atom stereocenters. The molecule has 1 heterocycles. The van der Waals surface area contributed by atoms with Crippen molar-refractivity contribution in [2.45, 2.75) is 57.5 Å². The van der Waals surface area contributed by atoms with Crippen molar-refractivity contribution in [3.63, 3.8) is 0 Å². The molecule has 20 heavy (non-hydrogen) atoms. The van der Waals surface area contributed by atoms with Gasteiger partial charge in [0.1, 0.15) is 0 Å². The van der Waals surface area contributed by atoms with E-state index in [4.69, 9.17) is 0 Å². The number of thiophene rings is 1. The van der Waals surface area contributed by atoms with Gasteiger partial charge in [-0.1, -0.05) is 25.3 Å². The summed E-state index contributed by atoms with van der Waals surface area (Å²) in [6.07, 6.45) is 6.24. The summed E-state index contributed by atoms with van der Waals surface area (Å²) in [5, 5.41) is 11.6. The highest BCUT2D eigenvalue weighted by Crippen LogP contribution is 2.29. The third-order valence-corrected chi connectivity index (χ3v) is 5.49. The maximum Gasteiger partial charge on any atom is 0.308 e. The first-order valence-corrected chi connectivity index (χ1v) is 8.44. The van der Waals surface area contributed by atoms with Crippen LogP contribution in [-0.2, 0) is 11.2 Å². The van der Waals surface area contributed by atoms with Gasteiger partial charge in [-0.15, -0.1) is 11.3 Å². The fourth-order valence-electron chi connectivity index (χ4n) is 3.25. The van der Waals surface area contributed by atoms with Gasteiger partial charge >= 0.3 is 5.97 Å². The molecule has 1 aromatic rings. The Morgan fingerprint density at radius 3 is 2.85 bits per heavy atom. The molecule has 1 aromatic heterocycles. The van der Waals surface area contributed by atoms with E-state index in [2.05, 4.69) is 36.4 Å². The smallest absolute Gasteiger partial charge is 0.308 e. The lowest BCUT2D eigenvalue weighted by atomic mass is 9.92. The van der Waals surface area contributed by atoms with Crippen molar-refractivity contribution in [3.8, 4) is 0 Å². The number of rotatable bonds is 5. The molecule has 1 fully saturated rings. The number of carbonyl (C=O) groups is 1. The van der Waals surface area contributed by atoms with E-state index in [1.165, 1.54) is 11.3 Å². The summed E-state index contributed by atoms with van der Waals surface area (Å²) in [4.78, 5) is 15.2. The fraction of sp³-hybridized carbons (Fsp3) is 0.688. The Labute approximate surface area is 125 Å². The lowest BCUT2D eigenvalue weighted by Gasteiger charge is -2.35. The molecular formula is C16H25NO2S. The number of aliphatic carboxylic acids is 1. The van der Waals surface area contributed by atoms with Crippen LogP contribution in [0, 0.1) is 5.92 Å². The van der Waals surface area contributed by atoms with Gasteiger partial charge in [0, 0.05) is 17.0 Å². The zero-order valence-electron chi connectivity index (χ0n) is 12.4. The van der Waals surface area contributed by atoms with Crippen LogP contribution in [0.2, 0.25) is 0 Å². The third kappa shape index (κ3) is 3.83. The topological polar surface area (TPSA) is 40.5 Å². The monoisotopic (exact) mass is 295 g/mol. The highest BCUT2D eigenvalue weighted by Gasteiger charge is 2.33. The van der Waals surface area contributed by atoms with E-state index in [9.17, 15) is 9.90 Å². The van der Waals surface area contributed by atoms with Crippen molar-refractivity contribution in [2.24, 2.45) is 5.92 Å². The van der Waals surface area contributed by atoms with Gasteiger partial charge in [-0.25, -0.2) is 0 Å². The van der Waals surface area contributed by atoms with Gasteiger partial charge in [-0.3, -0.25) is 9.69 Å². The second-order valence-electron chi connectivity index (χ2n) is 5.95. The van der Waals surface area contributed by atoms with Crippen LogP contribution in [0.5, 0.6) is 0 Å². The number of likely N-dealkylation sites (N-methyl/N-ethyl adjacent to an activating group) is 1. The molecule has 0 aromatic carbocycles. The Bertz CT molecular complexity index is 418. The van der Waals surface area contributed by atoms with E-state index in [1.54, 1.807) is 11.3 Å². The number of nitrogens with zero attached hydrogens (tertiary/aromatic N) is 1. The first-order chi connectivity index (χ1) is 9.59. The molecule has 0 saturated heterocycles. The highest BCUT2D eigenvalue weighted by atomic mass is 32.1. The molecule has 0 amide bonds. The van der Waals surface area contributed by atoms with Crippen LogP contribution in [0.15, 0.2) is 17.5 Å². The van der Waals surface area contributed by atoms with Crippen molar-refractivity contribution >= 4 is 17.3 Å². The second-order valence-corrected chi connectivity index (χ2v) is 6.98. The minimum atomic E-state index is -0.618. The first kappa shape index (κ1) is 15.5. The van der Waals surface area contributed by atoms with Crippen LogP contribution in [-0.4, -0.2) is 35.1 Å². The van der Waals surface area contributed by atoms with E-state index in [0.29, 0.717) is 6.04 Å². The molecule has 0 radical (unpaired) electrons. The van der Waals surface area contributed by atoms with Crippen molar-refractivity contribution in [2.75, 3.05) is 7.05 Å². The summed E-state index contributed by atoms with van der Waals surface area (Å²) in [5.41, 5.74) is 0. The van der Waals surface area contributed by atoms with Crippen molar-refractivity contribution in [3.05, 3.63) is 22.4 Å². The van der Waals surface area contributed by atoms with E-state index >= 15 is 0 Å². The number of hydrogen-bond acceptors (Lipinski definition) is 3. The van der Waals surface area contributed by atoms with Gasteiger partial charge in [-0.05, 0) is 44.7 Å². The normalized spacial score (nSPS) is 25.4. The number of hydrogen-bond donors (Lipinski definition) is 1. The Balaban J connectivity index is 2.03. The van der Waals surface area contributed by atoms with E-state index < -0.39 is 5.97 Å². The third-order valence-electron chi connectivity index (χ3n) is 4.59. The number of carboxylic acid groups (broad SMARTS) is 1. The zero-order valence-corrected chi connectivity index (χ0v) is 13.2. The Hall–Kier alpha value is -0.870. The minimum absolute atomic E-state index is 0.185. The average Bonchev–Trinajstić information content (AvgIpc) is 2.79. The standard InChI is InChI=1S/C16H25NO2S/c1-12(11-13-7-6-10-20-13)17(2)15-9-5-3-4-8-14(15)16(18)19/h6-7,10,12,14-15H,3-5,8-9,11H2,1-2H3,(H,18,19). The molecule has 0 spiro atoms. The van der Waals surface area contributed by atoms with Crippen molar-refractivity contribution < 1.29 is 9.90 Å². The summed E-state index contributed by atoms with van der Waals surface area (Å²) in [5.74, 6) is -0.819. The summed E-state index contributed by atoms with van der Waals surface area (Å²) < 4.78 is 0. The Morgan fingerprint density at radius 2 is 2.20 bits per heavy atom. The minimum Gasteiger partial charge on any atom is -0.481 e. The van der Waals surface area contributed by atoms with Crippen LogP contribution in [0.25, 0.3) is 0 Å². The highest BCUT2D eigenvalue weighted by molar-refractivity contribution is 7.09. The predicted octanol–water partition coefficient (Wildman–Crippen LogP) is 3.64. The molecule has 2 rings (SSSR count). The lowest BCUT2D eigenvalue weighted by molar-refractivity contribution is -0.144. The molecule has 1 N–H and O–H groups in total. The van der Waals surface area contributed by atoms with E-state index in [1.807, 2.05) is 0 Å². The van der Waals surface area contributed by atoms with Crippen LogP contribution in [0.1, 0.15) is 43.9 Å². The largest absolute Gasteiger partial charge is 0.481 e. The summed E-state index contributed by atoms with van der Waals surface area (Å²) in [6, 6.07) is 4.82. The Kier molecular flexibility index (Phi) is 5.61. The molecule has 1 saturated carbocycles. The summed E-state index contributed by atoms with van der Waals surface area (Å²) in [7, 11) is 2.10. The van der Waals surface area contributed by atoms with Crippen LogP contribution in [0.3, 0.4) is 0 Å². The number of carboxylic acids is 1. The second kappa shape index (κ2) is 7.23. The van der Waals surface area contributed by atoms with Crippen LogP contribution in [0.4, 0.5) is 0 Å². The van der Waals surface area contributed by atoms with Gasteiger partial charge in [0.25, 0.3) is 0 Å². The quantitative estimate of drug-likeness (QED) is 0.843. The first-order valence-electron chi connectivity index (χ1n) is 7.56. The molecule has 3 atom stereocenters. The average molecular weight is 295 g/mol. The van der Waals surface area contributed by atoms with Crippen LogP contribution >= 0.6 is 11.3 Å². The van der Waals surface area contributed by atoms with Gasteiger partial charge < -0.3 is 5.11 Å². The maximum atomic E-state index is 11.5. The van der Waals surface area contributed by atoms with Crippen LogP contribution < -0.4 is 0 Å². The van der Waals surface area contributed by atoms with E-state index in [0.717, 1.165) is 32.1 Å². The van der Waals surface area contributed by atoms with Crippen molar-refractivity contribution in [1.29, 1.82) is 0 Å². The van der Waals surface area contributed by atoms with Crippen molar-refractivity contribution in [1.82, 2.24) is 4.90 Å². The molecule has 4 heteroatoms. The molecule has 0 bridgehead atoms. The molecule has 3 nitrogen and oxygen atoms in total. The van der Waals surface area contributed by atoms with Gasteiger partial charge in [-0.2, -0.15) is 0 Å². The molecule has 112 valence electrons. The van der Waals surface area contributed by atoms with E-state index in [-0.39, 0.29) is 12.0 Å². The Morgan fingerprint density at radius 1 is 1.45 bits per heavy atom. The molecule has 0 aliphatic heterocycles. The molecule has 1 aliphatic rings. The molecular weight excluding hydrogens is 270 g/mol.